The van der Waals surface area contributed by atoms with Crippen LogP contribution in [-0.2, 0) is 12.0 Å². The molecule has 0 atom stereocenters. The summed E-state index contributed by atoms with van der Waals surface area (Å²) in [5, 5.41) is 7.43. The van der Waals surface area contributed by atoms with Gasteiger partial charge >= 0.3 is 0 Å². The first kappa shape index (κ1) is 15.4. The highest BCUT2D eigenvalue weighted by Crippen LogP contribution is 2.18. The molecule has 1 saturated heterocycles. The standard InChI is InChI=1S/C12H22N4O.ClH/c1-12(2,3)11-14-10(17-15-11)9-16-7-4-5-13-6-8-16;/h13H,4-9H2,1-3H3;1H. The van der Waals surface area contributed by atoms with Gasteiger partial charge < -0.3 is 9.84 Å². The first-order valence-corrected chi connectivity index (χ1v) is 6.32. The van der Waals surface area contributed by atoms with E-state index in [1.54, 1.807) is 0 Å². The summed E-state index contributed by atoms with van der Waals surface area (Å²) in [4.78, 5) is 6.83. The molecule has 18 heavy (non-hydrogen) atoms. The van der Waals surface area contributed by atoms with Gasteiger partial charge in [-0.15, -0.1) is 12.4 Å². The van der Waals surface area contributed by atoms with Crippen molar-refractivity contribution in [2.24, 2.45) is 0 Å². The number of nitrogens with zero attached hydrogens (tertiary/aromatic N) is 3. The van der Waals surface area contributed by atoms with Crippen molar-refractivity contribution in [3.05, 3.63) is 11.7 Å². The van der Waals surface area contributed by atoms with Gasteiger partial charge in [0, 0.05) is 18.5 Å². The van der Waals surface area contributed by atoms with Crippen LogP contribution in [0, 0.1) is 0 Å². The normalized spacial score (nSPS) is 18.2. The van der Waals surface area contributed by atoms with Crippen LogP contribution < -0.4 is 5.32 Å². The minimum absolute atomic E-state index is 0. The fourth-order valence-corrected chi connectivity index (χ4v) is 1.87. The van der Waals surface area contributed by atoms with Crippen molar-refractivity contribution in [2.45, 2.75) is 39.2 Å². The summed E-state index contributed by atoms with van der Waals surface area (Å²) in [6.45, 7) is 11.3. The summed E-state index contributed by atoms with van der Waals surface area (Å²) < 4.78 is 5.31. The average molecular weight is 275 g/mol. The van der Waals surface area contributed by atoms with Crippen molar-refractivity contribution >= 4 is 12.4 Å². The lowest BCUT2D eigenvalue weighted by Gasteiger charge is -2.16. The van der Waals surface area contributed by atoms with Crippen LogP contribution in [0.1, 0.15) is 38.9 Å². The zero-order chi connectivity index (χ0) is 12.3. The molecule has 0 saturated carbocycles. The van der Waals surface area contributed by atoms with E-state index in [1.165, 1.54) is 6.42 Å². The van der Waals surface area contributed by atoms with E-state index in [0.717, 1.165) is 44.4 Å². The summed E-state index contributed by atoms with van der Waals surface area (Å²) in [6, 6.07) is 0. The number of aromatic nitrogens is 2. The smallest absolute Gasteiger partial charge is 0.240 e. The molecule has 104 valence electrons. The lowest BCUT2D eigenvalue weighted by Crippen LogP contribution is -2.27. The van der Waals surface area contributed by atoms with Gasteiger partial charge in [0.15, 0.2) is 5.82 Å². The Kier molecular flexibility index (Phi) is 5.56. The minimum atomic E-state index is -0.0396. The molecule has 1 aliphatic heterocycles. The van der Waals surface area contributed by atoms with Crippen molar-refractivity contribution in [3.8, 4) is 0 Å². The Labute approximate surface area is 115 Å². The molecule has 0 radical (unpaired) electrons. The molecule has 0 bridgehead atoms. The van der Waals surface area contributed by atoms with E-state index in [-0.39, 0.29) is 17.8 Å². The second kappa shape index (κ2) is 6.50. The van der Waals surface area contributed by atoms with Gasteiger partial charge in [0.25, 0.3) is 0 Å². The maximum absolute atomic E-state index is 5.31. The van der Waals surface area contributed by atoms with Gasteiger partial charge in [0.1, 0.15) is 0 Å². The molecule has 0 amide bonds. The van der Waals surface area contributed by atoms with Crippen LogP contribution in [0.25, 0.3) is 0 Å². The van der Waals surface area contributed by atoms with Crippen LogP contribution in [-0.4, -0.2) is 41.2 Å². The van der Waals surface area contributed by atoms with E-state index < -0.39 is 0 Å². The highest BCUT2D eigenvalue weighted by molar-refractivity contribution is 5.85. The van der Waals surface area contributed by atoms with Crippen LogP contribution in [0.4, 0.5) is 0 Å². The largest absolute Gasteiger partial charge is 0.338 e. The van der Waals surface area contributed by atoms with E-state index in [4.69, 9.17) is 4.52 Å². The van der Waals surface area contributed by atoms with E-state index in [9.17, 15) is 0 Å². The zero-order valence-corrected chi connectivity index (χ0v) is 12.2. The van der Waals surface area contributed by atoms with Gasteiger partial charge in [-0.2, -0.15) is 4.98 Å². The lowest BCUT2D eigenvalue weighted by molar-refractivity contribution is 0.238. The summed E-state index contributed by atoms with van der Waals surface area (Å²) in [5.74, 6) is 1.53. The van der Waals surface area contributed by atoms with Gasteiger partial charge in [-0.3, -0.25) is 4.90 Å². The molecule has 1 aromatic heterocycles. The molecule has 0 aliphatic carbocycles. The molecular formula is C12H23ClN4O. The fourth-order valence-electron chi connectivity index (χ4n) is 1.87. The number of hydrogen-bond donors (Lipinski definition) is 1. The Morgan fingerprint density at radius 1 is 1.28 bits per heavy atom. The maximum Gasteiger partial charge on any atom is 0.240 e. The minimum Gasteiger partial charge on any atom is -0.338 e. The Morgan fingerprint density at radius 2 is 2.06 bits per heavy atom. The highest BCUT2D eigenvalue weighted by atomic mass is 35.5. The van der Waals surface area contributed by atoms with Gasteiger partial charge in [0.2, 0.25) is 5.89 Å². The fraction of sp³-hybridized carbons (Fsp3) is 0.833. The average Bonchev–Trinajstić information content (AvgIpc) is 2.56. The summed E-state index contributed by atoms with van der Waals surface area (Å²) in [6.07, 6.45) is 1.18. The maximum atomic E-state index is 5.31. The van der Waals surface area contributed by atoms with E-state index in [2.05, 4.69) is 41.1 Å². The third-order valence-corrected chi connectivity index (χ3v) is 2.93. The van der Waals surface area contributed by atoms with Gasteiger partial charge in [-0.25, -0.2) is 0 Å². The van der Waals surface area contributed by atoms with Crippen LogP contribution in [0.3, 0.4) is 0 Å². The van der Waals surface area contributed by atoms with Crippen LogP contribution in [0.2, 0.25) is 0 Å². The Morgan fingerprint density at radius 3 is 2.72 bits per heavy atom. The monoisotopic (exact) mass is 274 g/mol. The SMILES string of the molecule is CC(C)(C)c1noc(CN2CCCNCC2)n1.Cl. The molecule has 1 aromatic rings. The first-order valence-electron chi connectivity index (χ1n) is 6.32. The Bertz CT molecular complexity index is 353. The molecule has 2 heterocycles. The van der Waals surface area contributed by atoms with E-state index >= 15 is 0 Å². The van der Waals surface area contributed by atoms with Crippen LogP contribution in [0.15, 0.2) is 4.52 Å². The third-order valence-electron chi connectivity index (χ3n) is 2.93. The second-order valence-electron chi connectivity index (χ2n) is 5.64. The Balaban J connectivity index is 0.00000162. The van der Waals surface area contributed by atoms with Crippen molar-refractivity contribution < 1.29 is 4.52 Å². The first-order chi connectivity index (χ1) is 8.05. The molecule has 0 unspecified atom stereocenters. The summed E-state index contributed by atoms with van der Waals surface area (Å²) in [7, 11) is 0. The van der Waals surface area contributed by atoms with Gasteiger partial charge in [-0.1, -0.05) is 25.9 Å². The van der Waals surface area contributed by atoms with Crippen molar-refractivity contribution in [1.82, 2.24) is 20.4 Å². The quantitative estimate of drug-likeness (QED) is 0.888. The number of hydrogen-bond acceptors (Lipinski definition) is 5. The van der Waals surface area contributed by atoms with Crippen molar-refractivity contribution in [3.63, 3.8) is 0 Å². The number of nitrogens with one attached hydrogen (secondary N) is 1. The van der Waals surface area contributed by atoms with Crippen molar-refractivity contribution in [1.29, 1.82) is 0 Å². The van der Waals surface area contributed by atoms with Crippen LogP contribution in [0.5, 0.6) is 0 Å². The molecule has 0 aromatic carbocycles. The number of rotatable bonds is 2. The molecular weight excluding hydrogens is 252 g/mol. The zero-order valence-electron chi connectivity index (χ0n) is 11.4. The second-order valence-corrected chi connectivity index (χ2v) is 5.64. The molecule has 2 rings (SSSR count). The molecule has 6 heteroatoms. The van der Waals surface area contributed by atoms with E-state index in [0.29, 0.717) is 0 Å². The Hall–Kier alpha value is -0.650. The van der Waals surface area contributed by atoms with Crippen LogP contribution >= 0.6 is 12.4 Å². The highest BCUT2D eigenvalue weighted by Gasteiger charge is 2.21. The molecule has 1 fully saturated rings. The number of halogens is 1. The predicted molar refractivity (Wildman–Crippen MR) is 73.0 cm³/mol. The molecule has 5 nitrogen and oxygen atoms in total. The molecule has 1 N–H and O–H groups in total. The lowest BCUT2D eigenvalue weighted by atomic mass is 9.96. The molecule has 0 spiro atoms. The molecule has 1 aliphatic rings. The third kappa shape index (κ3) is 4.23. The van der Waals surface area contributed by atoms with Crippen molar-refractivity contribution in [2.75, 3.05) is 26.2 Å². The van der Waals surface area contributed by atoms with E-state index in [1.807, 2.05) is 0 Å². The van der Waals surface area contributed by atoms with Gasteiger partial charge in [0.05, 0.1) is 6.54 Å². The summed E-state index contributed by atoms with van der Waals surface area (Å²) in [5.41, 5.74) is -0.0396. The van der Waals surface area contributed by atoms with Gasteiger partial charge in [-0.05, 0) is 19.5 Å². The summed E-state index contributed by atoms with van der Waals surface area (Å²) >= 11 is 0. The topological polar surface area (TPSA) is 54.2 Å². The predicted octanol–water partition coefficient (Wildman–Crippen LogP) is 1.58.